The zero-order valence-electron chi connectivity index (χ0n) is 14.1. The first-order valence-electron chi connectivity index (χ1n) is 7.76. The van der Waals surface area contributed by atoms with Crippen LogP contribution in [0.5, 0.6) is 0 Å². The van der Waals surface area contributed by atoms with Crippen molar-refractivity contribution in [1.29, 1.82) is 0 Å². The Labute approximate surface area is 149 Å². The molecule has 2 N–H and O–H groups in total. The first-order chi connectivity index (χ1) is 11.9. The fourth-order valence-electron chi connectivity index (χ4n) is 2.19. The van der Waals surface area contributed by atoms with Crippen molar-refractivity contribution in [3.8, 4) is 0 Å². The fourth-order valence-corrected chi connectivity index (χ4v) is 3.16. The summed E-state index contributed by atoms with van der Waals surface area (Å²) >= 11 is 1.51. The summed E-state index contributed by atoms with van der Waals surface area (Å²) in [6.45, 7) is 4.94. The minimum absolute atomic E-state index is 0.0352. The smallest absolute Gasteiger partial charge is 0.404 e. The Morgan fingerprint density at radius 1 is 1.48 bits per heavy atom. The molecule has 0 saturated carbocycles. The molecule has 2 aromatic rings. The van der Waals surface area contributed by atoms with Gasteiger partial charge in [-0.25, -0.2) is 9.78 Å². The number of nitro groups is 1. The molecule has 0 spiro atoms. The monoisotopic (exact) mass is 364 g/mol. The molecule has 0 unspecified atom stereocenters. The van der Waals surface area contributed by atoms with E-state index in [0.29, 0.717) is 30.8 Å². The molecule has 0 atom stereocenters. The van der Waals surface area contributed by atoms with Crippen LogP contribution in [0.1, 0.15) is 20.3 Å². The van der Waals surface area contributed by atoms with Crippen molar-refractivity contribution in [3.05, 3.63) is 40.0 Å². The SMILES string of the molecule is CC(C)=CCn1c(SCCCNC(=O)O)nc2ccc([N+](=O)[O-])cc21. The highest BCUT2D eigenvalue weighted by Gasteiger charge is 2.14. The summed E-state index contributed by atoms with van der Waals surface area (Å²) in [4.78, 5) is 25.6. The Balaban J connectivity index is 2.24. The molecule has 0 aliphatic rings. The van der Waals surface area contributed by atoms with Crippen molar-refractivity contribution < 1.29 is 14.8 Å². The summed E-state index contributed by atoms with van der Waals surface area (Å²) in [6, 6.07) is 4.64. The quantitative estimate of drug-likeness (QED) is 0.243. The second-order valence-electron chi connectivity index (χ2n) is 5.65. The van der Waals surface area contributed by atoms with Crippen molar-refractivity contribution in [2.75, 3.05) is 12.3 Å². The van der Waals surface area contributed by atoms with E-state index >= 15 is 0 Å². The predicted octanol–water partition coefficient (Wildman–Crippen LogP) is 3.66. The molecule has 1 aromatic carbocycles. The van der Waals surface area contributed by atoms with Crippen molar-refractivity contribution in [3.63, 3.8) is 0 Å². The van der Waals surface area contributed by atoms with Gasteiger partial charge in [0.2, 0.25) is 0 Å². The summed E-state index contributed by atoms with van der Waals surface area (Å²) < 4.78 is 1.95. The van der Waals surface area contributed by atoms with Gasteiger partial charge in [-0.3, -0.25) is 10.1 Å². The molecular formula is C16H20N4O4S. The number of fused-ring (bicyclic) bond motifs is 1. The number of nitrogens with one attached hydrogen (secondary N) is 1. The second kappa shape index (κ2) is 8.52. The molecule has 1 heterocycles. The molecule has 0 aliphatic carbocycles. The summed E-state index contributed by atoms with van der Waals surface area (Å²) in [5.74, 6) is 0.695. The van der Waals surface area contributed by atoms with Gasteiger partial charge in [-0.05, 0) is 26.3 Å². The number of hydrogen-bond donors (Lipinski definition) is 2. The molecule has 8 nitrogen and oxygen atoms in total. The fraction of sp³-hybridized carbons (Fsp3) is 0.375. The van der Waals surface area contributed by atoms with Crippen molar-refractivity contribution in [2.45, 2.75) is 32.0 Å². The highest BCUT2D eigenvalue weighted by molar-refractivity contribution is 7.99. The van der Waals surface area contributed by atoms with E-state index in [1.54, 1.807) is 6.07 Å². The van der Waals surface area contributed by atoms with Crippen LogP contribution < -0.4 is 5.32 Å². The molecule has 1 aromatic heterocycles. The van der Waals surface area contributed by atoms with E-state index < -0.39 is 11.0 Å². The topological polar surface area (TPSA) is 110 Å². The molecule has 25 heavy (non-hydrogen) atoms. The van der Waals surface area contributed by atoms with Gasteiger partial charge in [0.15, 0.2) is 5.16 Å². The first kappa shape index (κ1) is 18.8. The number of rotatable bonds is 8. The number of nitrogens with zero attached hydrogens (tertiary/aromatic N) is 3. The van der Waals surface area contributed by atoms with Crippen LogP contribution in [-0.4, -0.2) is 38.0 Å². The maximum absolute atomic E-state index is 11.0. The van der Waals surface area contributed by atoms with Crippen LogP contribution in [0.3, 0.4) is 0 Å². The van der Waals surface area contributed by atoms with Crippen LogP contribution >= 0.6 is 11.8 Å². The normalized spacial score (nSPS) is 10.6. The van der Waals surface area contributed by atoms with Crippen LogP contribution in [0.15, 0.2) is 35.0 Å². The van der Waals surface area contributed by atoms with E-state index in [1.165, 1.54) is 23.9 Å². The number of hydrogen-bond acceptors (Lipinski definition) is 5. The third kappa shape index (κ3) is 5.21. The van der Waals surface area contributed by atoms with E-state index in [9.17, 15) is 14.9 Å². The lowest BCUT2D eigenvalue weighted by Gasteiger charge is -2.07. The van der Waals surface area contributed by atoms with Gasteiger partial charge in [-0.1, -0.05) is 23.4 Å². The molecular weight excluding hydrogens is 344 g/mol. The molecule has 0 bridgehead atoms. The minimum atomic E-state index is -1.03. The summed E-state index contributed by atoms with van der Waals surface area (Å²) in [5, 5.41) is 22.7. The van der Waals surface area contributed by atoms with Gasteiger partial charge in [0, 0.05) is 31.0 Å². The zero-order valence-corrected chi connectivity index (χ0v) is 14.9. The van der Waals surface area contributed by atoms with E-state index in [4.69, 9.17) is 5.11 Å². The largest absolute Gasteiger partial charge is 0.465 e. The Morgan fingerprint density at radius 2 is 2.24 bits per heavy atom. The average Bonchev–Trinajstić information content (AvgIpc) is 2.88. The van der Waals surface area contributed by atoms with E-state index in [2.05, 4.69) is 10.3 Å². The Hall–Kier alpha value is -2.55. The number of aromatic nitrogens is 2. The number of allylic oxidation sites excluding steroid dienone is 2. The lowest BCUT2D eigenvalue weighted by molar-refractivity contribution is -0.384. The second-order valence-corrected chi connectivity index (χ2v) is 6.71. The number of imidazole rings is 1. The molecule has 2 rings (SSSR count). The van der Waals surface area contributed by atoms with Crippen molar-refractivity contribution in [2.24, 2.45) is 0 Å². The highest BCUT2D eigenvalue weighted by Crippen LogP contribution is 2.27. The van der Waals surface area contributed by atoms with Crippen LogP contribution in [0.25, 0.3) is 11.0 Å². The molecule has 0 radical (unpaired) electrons. The Bertz CT molecular complexity index is 812. The van der Waals surface area contributed by atoms with Crippen molar-refractivity contribution >= 4 is 34.6 Å². The predicted molar refractivity (Wildman–Crippen MR) is 97.2 cm³/mol. The molecule has 0 saturated heterocycles. The Kier molecular flexibility index (Phi) is 6.40. The van der Waals surface area contributed by atoms with Gasteiger partial charge >= 0.3 is 6.09 Å². The lowest BCUT2D eigenvalue weighted by atomic mass is 10.2. The molecule has 134 valence electrons. The number of non-ortho nitro benzene ring substituents is 1. The number of amides is 1. The number of carbonyl (C=O) groups is 1. The maximum atomic E-state index is 11.0. The molecule has 0 aliphatic heterocycles. The van der Waals surface area contributed by atoms with Gasteiger partial charge in [0.05, 0.1) is 16.0 Å². The van der Waals surface area contributed by atoms with Crippen molar-refractivity contribution in [1.82, 2.24) is 14.9 Å². The lowest BCUT2D eigenvalue weighted by Crippen LogP contribution is -2.22. The number of thioether (sulfide) groups is 1. The van der Waals surface area contributed by atoms with Gasteiger partial charge in [-0.15, -0.1) is 0 Å². The first-order valence-corrected chi connectivity index (χ1v) is 8.74. The molecule has 0 fully saturated rings. The highest BCUT2D eigenvalue weighted by atomic mass is 32.2. The third-order valence-electron chi connectivity index (χ3n) is 3.42. The van der Waals surface area contributed by atoms with Crippen LogP contribution in [0.2, 0.25) is 0 Å². The van der Waals surface area contributed by atoms with E-state index in [0.717, 1.165) is 16.2 Å². The number of carboxylic acid groups (broad SMARTS) is 1. The molecule has 9 heteroatoms. The minimum Gasteiger partial charge on any atom is -0.465 e. The van der Waals surface area contributed by atoms with Crippen LogP contribution in [-0.2, 0) is 6.54 Å². The average molecular weight is 364 g/mol. The van der Waals surface area contributed by atoms with Crippen LogP contribution in [0.4, 0.5) is 10.5 Å². The number of nitro benzene ring substituents is 1. The van der Waals surface area contributed by atoms with Gasteiger partial charge < -0.3 is 15.0 Å². The standard InChI is InChI=1S/C16H20N4O4S/c1-11(2)6-8-19-14-10-12(20(23)24)4-5-13(14)18-15(19)25-9-3-7-17-16(21)22/h4-6,10,17H,3,7-9H2,1-2H3,(H,21,22). The van der Waals surface area contributed by atoms with Gasteiger partial charge in [0.1, 0.15) is 0 Å². The van der Waals surface area contributed by atoms with Gasteiger partial charge in [-0.2, -0.15) is 0 Å². The van der Waals surface area contributed by atoms with E-state index in [1.807, 2.05) is 24.5 Å². The zero-order chi connectivity index (χ0) is 18.4. The third-order valence-corrected chi connectivity index (χ3v) is 4.48. The Morgan fingerprint density at radius 3 is 2.88 bits per heavy atom. The maximum Gasteiger partial charge on any atom is 0.404 e. The number of benzene rings is 1. The summed E-state index contributed by atoms with van der Waals surface area (Å²) in [5.41, 5.74) is 2.61. The molecule has 1 amide bonds. The summed E-state index contributed by atoms with van der Waals surface area (Å²) in [6.07, 6.45) is 1.67. The van der Waals surface area contributed by atoms with Gasteiger partial charge in [0.25, 0.3) is 5.69 Å². The summed E-state index contributed by atoms with van der Waals surface area (Å²) in [7, 11) is 0. The van der Waals surface area contributed by atoms with Crippen LogP contribution in [0, 0.1) is 10.1 Å². The van der Waals surface area contributed by atoms with E-state index in [-0.39, 0.29) is 5.69 Å².